The molecule has 0 saturated carbocycles. The Hall–Kier alpha value is -2.33. The topological polar surface area (TPSA) is 45.7 Å². The molecule has 0 aliphatic rings. The zero-order valence-corrected chi connectivity index (χ0v) is 15.5. The molecule has 0 bridgehead atoms. The van der Waals surface area contributed by atoms with Crippen LogP contribution in [0.4, 0.5) is 0 Å². The van der Waals surface area contributed by atoms with Crippen LogP contribution in [0.1, 0.15) is 36.1 Å². The van der Waals surface area contributed by atoms with Gasteiger partial charge in [0, 0.05) is 19.7 Å². The SMILES string of the molecule is CCNC(=NCc1cccc(C)c1)NCc1ccc(COCC)cc1. The van der Waals surface area contributed by atoms with Crippen molar-refractivity contribution in [2.45, 2.75) is 40.5 Å². The predicted octanol–water partition coefficient (Wildman–Crippen LogP) is 3.79. The van der Waals surface area contributed by atoms with Crippen molar-refractivity contribution in [1.82, 2.24) is 10.6 Å². The molecule has 0 radical (unpaired) electrons. The van der Waals surface area contributed by atoms with E-state index in [0.717, 1.165) is 25.7 Å². The Morgan fingerprint density at radius 3 is 2.40 bits per heavy atom. The lowest BCUT2D eigenvalue weighted by molar-refractivity contribution is 0.134. The molecule has 2 rings (SSSR count). The number of benzene rings is 2. The third-order valence-corrected chi connectivity index (χ3v) is 3.80. The summed E-state index contributed by atoms with van der Waals surface area (Å²) < 4.78 is 5.43. The van der Waals surface area contributed by atoms with E-state index in [-0.39, 0.29) is 0 Å². The van der Waals surface area contributed by atoms with Gasteiger partial charge in [0.15, 0.2) is 5.96 Å². The highest BCUT2D eigenvalue weighted by Crippen LogP contribution is 2.07. The highest BCUT2D eigenvalue weighted by molar-refractivity contribution is 5.79. The van der Waals surface area contributed by atoms with Crippen molar-refractivity contribution >= 4 is 5.96 Å². The number of aryl methyl sites for hydroxylation is 1. The average molecular weight is 339 g/mol. The molecule has 0 saturated heterocycles. The Labute approximate surface area is 151 Å². The molecule has 0 heterocycles. The number of nitrogens with zero attached hydrogens (tertiary/aromatic N) is 1. The van der Waals surface area contributed by atoms with Crippen molar-refractivity contribution in [3.63, 3.8) is 0 Å². The van der Waals surface area contributed by atoms with Gasteiger partial charge in [0.2, 0.25) is 0 Å². The molecule has 2 aromatic rings. The van der Waals surface area contributed by atoms with Crippen molar-refractivity contribution in [3.8, 4) is 0 Å². The van der Waals surface area contributed by atoms with Crippen LogP contribution in [0.15, 0.2) is 53.5 Å². The maximum Gasteiger partial charge on any atom is 0.191 e. The number of nitrogens with one attached hydrogen (secondary N) is 2. The van der Waals surface area contributed by atoms with Gasteiger partial charge in [-0.2, -0.15) is 0 Å². The Balaban J connectivity index is 1.91. The van der Waals surface area contributed by atoms with Gasteiger partial charge in [-0.1, -0.05) is 54.1 Å². The van der Waals surface area contributed by atoms with Gasteiger partial charge >= 0.3 is 0 Å². The van der Waals surface area contributed by atoms with E-state index in [1.165, 1.54) is 22.3 Å². The molecule has 2 N–H and O–H groups in total. The van der Waals surface area contributed by atoms with Crippen LogP contribution < -0.4 is 10.6 Å². The fourth-order valence-corrected chi connectivity index (χ4v) is 2.48. The molecular formula is C21H29N3O. The van der Waals surface area contributed by atoms with Gasteiger partial charge in [-0.25, -0.2) is 4.99 Å². The molecule has 0 spiro atoms. The van der Waals surface area contributed by atoms with Gasteiger partial charge in [-0.15, -0.1) is 0 Å². The molecule has 0 atom stereocenters. The maximum atomic E-state index is 5.43. The van der Waals surface area contributed by atoms with E-state index in [9.17, 15) is 0 Å². The fraction of sp³-hybridized carbons (Fsp3) is 0.381. The van der Waals surface area contributed by atoms with Crippen LogP contribution in [0.2, 0.25) is 0 Å². The number of ether oxygens (including phenoxy) is 1. The molecule has 4 heteroatoms. The number of rotatable bonds is 8. The zero-order valence-electron chi connectivity index (χ0n) is 15.5. The van der Waals surface area contributed by atoms with Crippen molar-refractivity contribution in [2.24, 2.45) is 4.99 Å². The molecule has 0 aliphatic carbocycles. The van der Waals surface area contributed by atoms with E-state index in [1.54, 1.807) is 0 Å². The van der Waals surface area contributed by atoms with Gasteiger partial charge < -0.3 is 15.4 Å². The lowest BCUT2D eigenvalue weighted by Gasteiger charge is -2.12. The summed E-state index contributed by atoms with van der Waals surface area (Å²) in [7, 11) is 0. The van der Waals surface area contributed by atoms with Crippen LogP contribution in [0.25, 0.3) is 0 Å². The van der Waals surface area contributed by atoms with E-state index < -0.39 is 0 Å². The second kappa shape index (κ2) is 10.5. The number of guanidine groups is 1. The van der Waals surface area contributed by atoms with Crippen molar-refractivity contribution < 1.29 is 4.74 Å². The summed E-state index contributed by atoms with van der Waals surface area (Å²) in [5.74, 6) is 0.836. The summed E-state index contributed by atoms with van der Waals surface area (Å²) in [5.41, 5.74) is 4.90. The van der Waals surface area contributed by atoms with E-state index in [2.05, 4.69) is 78.0 Å². The lowest BCUT2D eigenvalue weighted by Crippen LogP contribution is -2.36. The molecular weight excluding hydrogens is 310 g/mol. The van der Waals surface area contributed by atoms with Crippen LogP contribution in [0.5, 0.6) is 0 Å². The Morgan fingerprint density at radius 1 is 0.960 bits per heavy atom. The largest absolute Gasteiger partial charge is 0.377 e. The summed E-state index contributed by atoms with van der Waals surface area (Å²) in [5, 5.41) is 6.69. The monoisotopic (exact) mass is 339 g/mol. The second-order valence-electron chi connectivity index (χ2n) is 5.99. The third-order valence-electron chi connectivity index (χ3n) is 3.80. The smallest absolute Gasteiger partial charge is 0.191 e. The van der Waals surface area contributed by atoms with E-state index >= 15 is 0 Å². The summed E-state index contributed by atoms with van der Waals surface area (Å²) >= 11 is 0. The standard InChI is InChI=1S/C21H29N3O/c1-4-22-21(24-15-20-8-6-7-17(3)13-20)23-14-18-9-11-19(12-10-18)16-25-5-2/h6-13H,4-5,14-16H2,1-3H3,(H2,22,23,24). The molecule has 0 fully saturated rings. The van der Waals surface area contributed by atoms with Gasteiger partial charge in [0.25, 0.3) is 0 Å². The highest BCUT2D eigenvalue weighted by Gasteiger charge is 2.00. The lowest BCUT2D eigenvalue weighted by atomic mass is 10.1. The maximum absolute atomic E-state index is 5.43. The van der Waals surface area contributed by atoms with E-state index in [0.29, 0.717) is 13.2 Å². The van der Waals surface area contributed by atoms with Crippen LogP contribution in [-0.4, -0.2) is 19.1 Å². The van der Waals surface area contributed by atoms with Gasteiger partial charge in [-0.3, -0.25) is 0 Å². The minimum Gasteiger partial charge on any atom is -0.377 e. The molecule has 134 valence electrons. The number of hydrogen-bond donors (Lipinski definition) is 2. The normalized spacial score (nSPS) is 11.4. The molecule has 0 amide bonds. The summed E-state index contributed by atoms with van der Waals surface area (Å²) in [6.45, 7) is 9.86. The summed E-state index contributed by atoms with van der Waals surface area (Å²) in [6, 6.07) is 16.9. The van der Waals surface area contributed by atoms with Crippen molar-refractivity contribution in [1.29, 1.82) is 0 Å². The minimum absolute atomic E-state index is 0.671. The number of aliphatic imine (C=N–C) groups is 1. The minimum atomic E-state index is 0.671. The summed E-state index contributed by atoms with van der Waals surface area (Å²) in [4.78, 5) is 4.67. The third kappa shape index (κ3) is 6.98. The van der Waals surface area contributed by atoms with E-state index in [1.807, 2.05) is 6.92 Å². The van der Waals surface area contributed by atoms with Crippen molar-refractivity contribution in [2.75, 3.05) is 13.2 Å². The Morgan fingerprint density at radius 2 is 1.72 bits per heavy atom. The van der Waals surface area contributed by atoms with E-state index in [4.69, 9.17) is 4.74 Å². The van der Waals surface area contributed by atoms with Crippen LogP contribution in [-0.2, 0) is 24.4 Å². The molecule has 2 aromatic carbocycles. The van der Waals surface area contributed by atoms with Gasteiger partial charge in [0.1, 0.15) is 0 Å². The molecule has 0 aliphatic heterocycles. The second-order valence-corrected chi connectivity index (χ2v) is 5.99. The first kappa shape index (κ1) is 19.0. The first-order valence-corrected chi connectivity index (χ1v) is 8.94. The average Bonchev–Trinajstić information content (AvgIpc) is 2.63. The van der Waals surface area contributed by atoms with Gasteiger partial charge in [-0.05, 0) is 37.5 Å². The number of hydrogen-bond acceptors (Lipinski definition) is 2. The molecule has 0 aromatic heterocycles. The van der Waals surface area contributed by atoms with Crippen molar-refractivity contribution in [3.05, 3.63) is 70.8 Å². The highest BCUT2D eigenvalue weighted by atomic mass is 16.5. The first-order chi connectivity index (χ1) is 12.2. The quantitative estimate of drug-likeness (QED) is 0.568. The molecule has 0 unspecified atom stereocenters. The van der Waals surface area contributed by atoms with Crippen LogP contribution >= 0.6 is 0 Å². The van der Waals surface area contributed by atoms with Crippen LogP contribution in [0, 0.1) is 6.92 Å². The Bertz CT molecular complexity index is 665. The summed E-state index contributed by atoms with van der Waals surface area (Å²) in [6.07, 6.45) is 0. The predicted molar refractivity (Wildman–Crippen MR) is 105 cm³/mol. The zero-order chi connectivity index (χ0) is 17.9. The molecule has 25 heavy (non-hydrogen) atoms. The van der Waals surface area contributed by atoms with Gasteiger partial charge in [0.05, 0.1) is 13.2 Å². The fourth-order valence-electron chi connectivity index (χ4n) is 2.48. The first-order valence-electron chi connectivity index (χ1n) is 8.94. The Kier molecular flexibility index (Phi) is 7.99. The molecule has 4 nitrogen and oxygen atoms in total. The van der Waals surface area contributed by atoms with Crippen LogP contribution in [0.3, 0.4) is 0 Å².